The Balaban J connectivity index is 1.76. The molecule has 0 aromatic carbocycles. The van der Waals surface area contributed by atoms with E-state index >= 15 is 0 Å². The van der Waals surface area contributed by atoms with Gasteiger partial charge in [0, 0.05) is 31.0 Å². The van der Waals surface area contributed by atoms with Crippen molar-refractivity contribution < 1.29 is 4.79 Å². The number of carbonyl (C=O) groups excluding carboxylic acids is 1. The van der Waals surface area contributed by atoms with Crippen LogP contribution >= 0.6 is 0 Å². The fourth-order valence-electron chi connectivity index (χ4n) is 2.88. The maximum Gasteiger partial charge on any atom is 0.240 e. The Morgan fingerprint density at radius 2 is 2.00 bits per heavy atom. The van der Waals surface area contributed by atoms with E-state index in [2.05, 4.69) is 36.7 Å². The minimum atomic E-state index is 0.140. The van der Waals surface area contributed by atoms with Crippen molar-refractivity contribution >= 4 is 5.91 Å². The van der Waals surface area contributed by atoms with Crippen LogP contribution in [0.1, 0.15) is 57.9 Å². The Hall–Kier alpha value is -1.29. The second-order valence-corrected chi connectivity index (χ2v) is 6.48. The highest BCUT2D eigenvalue weighted by Gasteiger charge is 2.14. The third kappa shape index (κ3) is 5.92. The summed E-state index contributed by atoms with van der Waals surface area (Å²) in [7, 11) is 0. The highest BCUT2D eigenvalue weighted by Crippen LogP contribution is 2.17. The Morgan fingerprint density at radius 1 is 1.29 bits per heavy atom. The van der Waals surface area contributed by atoms with Gasteiger partial charge in [0.1, 0.15) is 6.54 Å². The summed E-state index contributed by atoms with van der Waals surface area (Å²) in [5, 5.41) is 6.58. The molecule has 0 unspecified atom stereocenters. The van der Waals surface area contributed by atoms with Crippen molar-refractivity contribution in [1.82, 2.24) is 15.2 Å². The molecule has 118 valence electrons. The summed E-state index contributed by atoms with van der Waals surface area (Å²) in [6.07, 6.45) is 11.5. The van der Waals surface area contributed by atoms with E-state index in [0.717, 1.165) is 19.4 Å². The molecule has 4 nitrogen and oxygen atoms in total. The van der Waals surface area contributed by atoms with Crippen molar-refractivity contribution in [2.45, 2.75) is 77.5 Å². The quantitative estimate of drug-likeness (QED) is 0.792. The minimum Gasteiger partial charge on any atom is -0.352 e. The first-order chi connectivity index (χ1) is 10.1. The standard InChI is InChI=1S/C17H29N3O/c1-14(2)18-11-15-9-10-20(12-15)13-17(21)19-16-7-5-3-4-6-8-16/h9-10,12,14,16,18H,3-8,11,13H2,1-2H3,(H,19,21). The van der Waals surface area contributed by atoms with Crippen molar-refractivity contribution in [2.75, 3.05) is 0 Å². The fourth-order valence-corrected chi connectivity index (χ4v) is 2.88. The van der Waals surface area contributed by atoms with E-state index in [1.807, 2.05) is 10.8 Å². The van der Waals surface area contributed by atoms with Crippen LogP contribution in [0.15, 0.2) is 18.5 Å². The fraction of sp³-hybridized carbons (Fsp3) is 0.706. The van der Waals surface area contributed by atoms with Gasteiger partial charge < -0.3 is 15.2 Å². The largest absolute Gasteiger partial charge is 0.352 e. The summed E-state index contributed by atoms with van der Waals surface area (Å²) in [6, 6.07) is 2.94. The van der Waals surface area contributed by atoms with E-state index in [1.54, 1.807) is 0 Å². The zero-order valence-corrected chi connectivity index (χ0v) is 13.4. The first-order valence-electron chi connectivity index (χ1n) is 8.31. The third-order valence-corrected chi connectivity index (χ3v) is 4.07. The lowest BCUT2D eigenvalue weighted by atomic mass is 10.1. The van der Waals surface area contributed by atoms with E-state index in [9.17, 15) is 4.79 Å². The summed E-state index contributed by atoms with van der Waals surface area (Å²) < 4.78 is 1.98. The van der Waals surface area contributed by atoms with Gasteiger partial charge >= 0.3 is 0 Å². The Morgan fingerprint density at radius 3 is 2.67 bits per heavy atom. The van der Waals surface area contributed by atoms with Crippen LogP contribution in [0, 0.1) is 0 Å². The molecule has 21 heavy (non-hydrogen) atoms. The van der Waals surface area contributed by atoms with Gasteiger partial charge in [-0.2, -0.15) is 0 Å². The minimum absolute atomic E-state index is 0.140. The van der Waals surface area contributed by atoms with Crippen LogP contribution in [0.3, 0.4) is 0 Å². The number of hydrogen-bond acceptors (Lipinski definition) is 2. The van der Waals surface area contributed by atoms with E-state index in [1.165, 1.54) is 31.2 Å². The first kappa shape index (κ1) is 16.1. The molecule has 1 heterocycles. The van der Waals surface area contributed by atoms with Crippen molar-refractivity contribution in [1.29, 1.82) is 0 Å². The summed E-state index contributed by atoms with van der Waals surface area (Å²) in [6.45, 7) is 5.56. The smallest absolute Gasteiger partial charge is 0.240 e. The van der Waals surface area contributed by atoms with E-state index in [0.29, 0.717) is 18.6 Å². The zero-order chi connectivity index (χ0) is 15.1. The molecule has 0 spiro atoms. The number of rotatable bonds is 6. The molecule has 0 saturated heterocycles. The summed E-state index contributed by atoms with van der Waals surface area (Å²) in [5.41, 5.74) is 1.23. The van der Waals surface area contributed by atoms with Crippen molar-refractivity contribution in [3.63, 3.8) is 0 Å². The molecule has 0 bridgehead atoms. The lowest BCUT2D eigenvalue weighted by Crippen LogP contribution is -2.36. The molecular weight excluding hydrogens is 262 g/mol. The summed E-state index contributed by atoms with van der Waals surface area (Å²) in [5.74, 6) is 0.140. The van der Waals surface area contributed by atoms with E-state index < -0.39 is 0 Å². The highest BCUT2D eigenvalue weighted by molar-refractivity contribution is 5.76. The van der Waals surface area contributed by atoms with Gasteiger partial charge in [-0.15, -0.1) is 0 Å². The van der Waals surface area contributed by atoms with Gasteiger partial charge in [0.05, 0.1) is 0 Å². The van der Waals surface area contributed by atoms with Gasteiger partial charge in [0.2, 0.25) is 5.91 Å². The Labute approximate surface area is 128 Å². The second kappa shape index (κ2) is 8.23. The molecule has 1 aliphatic rings. The van der Waals surface area contributed by atoms with Crippen LogP contribution in [0.5, 0.6) is 0 Å². The normalized spacial score (nSPS) is 16.9. The number of amides is 1. The van der Waals surface area contributed by atoms with Crippen LogP contribution in [0.4, 0.5) is 0 Å². The number of nitrogens with zero attached hydrogens (tertiary/aromatic N) is 1. The molecular formula is C17H29N3O. The van der Waals surface area contributed by atoms with Crippen LogP contribution in [-0.4, -0.2) is 22.6 Å². The first-order valence-corrected chi connectivity index (χ1v) is 8.31. The number of carbonyl (C=O) groups is 1. The molecule has 0 radical (unpaired) electrons. The number of hydrogen-bond donors (Lipinski definition) is 2. The van der Waals surface area contributed by atoms with Crippen LogP contribution in [-0.2, 0) is 17.9 Å². The van der Waals surface area contributed by atoms with Gasteiger partial charge in [-0.3, -0.25) is 4.79 Å². The third-order valence-electron chi connectivity index (χ3n) is 4.07. The molecule has 0 aliphatic heterocycles. The number of aromatic nitrogens is 1. The SMILES string of the molecule is CC(C)NCc1ccn(CC(=O)NC2CCCCCC2)c1. The predicted octanol–water partition coefficient (Wildman–Crippen LogP) is 2.83. The second-order valence-electron chi connectivity index (χ2n) is 6.48. The molecule has 1 fully saturated rings. The van der Waals surface area contributed by atoms with Crippen molar-refractivity contribution in [2.24, 2.45) is 0 Å². The van der Waals surface area contributed by atoms with Gasteiger partial charge in [-0.25, -0.2) is 0 Å². The molecule has 1 saturated carbocycles. The Bertz CT molecular complexity index is 431. The topological polar surface area (TPSA) is 46.1 Å². The molecule has 1 aliphatic carbocycles. The summed E-state index contributed by atoms with van der Waals surface area (Å²) in [4.78, 5) is 12.1. The average Bonchev–Trinajstić information content (AvgIpc) is 2.71. The van der Waals surface area contributed by atoms with Crippen LogP contribution in [0.2, 0.25) is 0 Å². The number of nitrogens with one attached hydrogen (secondary N) is 2. The van der Waals surface area contributed by atoms with Gasteiger partial charge in [0.15, 0.2) is 0 Å². The van der Waals surface area contributed by atoms with Gasteiger partial charge in [-0.05, 0) is 24.5 Å². The maximum absolute atomic E-state index is 12.1. The van der Waals surface area contributed by atoms with Crippen LogP contribution < -0.4 is 10.6 Å². The maximum atomic E-state index is 12.1. The van der Waals surface area contributed by atoms with E-state index in [4.69, 9.17) is 0 Å². The molecule has 1 aromatic rings. The predicted molar refractivity (Wildman–Crippen MR) is 86.0 cm³/mol. The van der Waals surface area contributed by atoms with Crippen molar-refractivity contribution in [3.8, 4) is 0 Å². The molecule has 4 heteroatoms. The molecule has 0 atom stereocenters. The van der Waals surface area contributed by atoms with Gasteiger partial charge in [-0.1, -0.05) is 39.5 Å². The molecule has 2 N–H and O–H groups in total. The lowest BCUT2D eigenvalue weighted by molar-refractivity contribution is -0.122. The average molecular weight is 291 g/mol. The Kier molecular flexibility index (Phi) is 6.30. The van der Waals surface area contributed by atoms with Crippen molar-refractivity contribution in [3.05, 3.63) is 24.0 Å². The highest BCUT2D eigenvalue weighted by atomic mass is 16.2. The lowest BCUT2D eigenvalue weighted by Gasteiger charge is -2.16. The molecule has 2 rings (SSSR count). The van der Waals surface area contributed by atoms with Crippen LogP contribution in [0.25, 0.3) is 0 Å². The molecule has 1 amide bonds. The van der Waals surface area contributed by atoms with Gasteiger partial charge in [0.25, 0.3) is 0 Å². The zero-order valence-electron chi connectivity index (χ0n) is 13.4. The summed E-state index contributed by atoms with van der Waals surface area (Å²) >= 11 is 0. The van der Waals surface area contributed by atoms with E-state index in [-0.39, 0.29) is 5.91 Å². The molecule has 1 aromatic heterocycles. The monoisotopic (exact) mass is 291 g/mol.